The Labute approximate surface area is 148 Å². The summed E-state index contributed by atoms with van der Waals surface area (Å²) in [6.07, 6.45) is 1.88. The number of ether oxygens (including phenoxy) is 1. The van der Waals surface area contributed by atoms with Gasteiger partial charge in [0.1, 0.15) is 16.8 Å². The zero-order valence-electron chi connectivity index (χ0n) is 13.8. The minimum atomic E-state index is -0.124. The zero-order valence-corrected chi connectivity index (χ0v) is 14.6. The molecule has 5 nitrogen and oxygen atoms in total. The second-order valence-electron chi connectivity index (χ2n) is 5.81. The first-order valence-electron chi connectivity index (χ1n) is 7.84. The zero-order chi connectivity index (χ0) is 17.4. The number of carbonyl (C=O) groups excluding carboxylic acids is 1. The van der Waals surface area contributed by atoms with Crippen LogP contribution < -0.4 is 10.1 Å². The van der Waals surface area contributed by atoms with Crippen LogP contribution in [0.5, 0.6) is 5.75 Å². The minimum absolute atomic E-state index is 0.124. The van der Waals surface area contributed by atoms with E-state index in [1.165, 1.54) is 11.3 Å². The smallest absolute Gasteiger partial charge is 0.230 e. The van der Waals surface area contributed by atoms with E-state index in [-0.39, 0.29) is 12.3 Å². The van der Waals surface area contributed by atoms with Crippen LogP contribution in [-0.2, 0) is 11.2 Å². The van der Waals surface area contributed by atoms with Crippen molar-refractivity contribution in [2.75, 3.05) is 12.4 Å². The molecular formula is C19H16N2O3S. The van der Waals surface area contributed by atoms with Gasteiger partial charge in [0.25, 0.3) is 0 Å². The summed E-state index contributed by atoms with van der Waals surface area (Å²) in [5, 5.41) is 4.40. The highest BCUT2D eigenvalue weighted by Gasteiger charge is 2.14. The number of amides is 1. The fourth-order valence-electron chi connectivity index (χ4n) is 2.81. The van der Waals surface area contributed by atoms with Crippen molar-refractivity contribution in [3.63, 3.8) is 0 Å². The lowest BCUT2D eigenvalue weighted by Gasteiger charge is -2.00. The monoisotopic (exact) mass is 352 g/mol. The summed E-state index contributed by atoms with van der Waals surface area (Å²) in [5.41, 5.74) is 3.55. The third-order valence-electron chi connectivity index (χ3n) is 4.01. The number of para-hydroxylation sites is 1. The predicted molar refractivity (Wildman–Crippen MR) is 99.5 cm³/mol. The fraction of sp³-hybridized carbons (Fsp3) is 0.158. The molecule has 126 valence electrons. The molecule has 0 unspecified atom stereocenters. The molecular weight excluding hydrogens is 336 g/mol. The molecule has 2 aromatic heterocycles. The van der Waals surface area contributed by atoms with Gasteiger partial charge in [-0.05, 0) is 30.7 Å². The number of carbonyl (C=O) groups is 1. The van der Waals surface area contributed by atoms with Crippen LogP contribution in [0, 0.1) is 6.92 Å². The normalized spacial score (nSPS) is 11.1. The van der Waals surface area contributed by atoms with Crippen LogP contribution in [0.25, 0.3) is 21.2 Å². The van der Waals surface area contributed by atoms with E-state index in [4.69, 9.17) is 9.15 Å². The van der Waals surface area contributed by atoms with Gasteiger partial charge in [-0.1, -0.05) is 29.5 Å². The topological polar surface area (TPSA) is 64.4 Å². The van der Waals surface area contributed by atoms with E-state index in [1.807, 2.05) is 43.3 Å². The number of furan rings is 1. The maximum atomic E-state index is 12.4. The van der Waals surface area contributed by atoms with Crippen LogP contribution in [-0.4, -0.2) is 18.0 Å². The molecule has 0 bridgehead atoms. The number of nitrogens with one attached hydrogen (secondary N) is 1. The molecule has 1 amide bonds. The summed E-state index contributed by atoms with van der Waals surface area (Å²) < 4.78 is 11.8. The lowest BCUT2D eigenvalue weighted by molar-refractivity contribution is -0.115. The molecule has 2 aromatic carbocycles. The molecule has 25 heavy (non-hydrogen) atoms. The van der Waals surface area contributed by atoms with Crippen molar-refractivity contribution in [2.45, 2.75) is 13.3 Å². The van der Waals surface area contributed by atoms with Gasteiger partial charge in [-0.3, -0.25) is 4.79 Å². The Morgan fingerprint density at radius 3 is 3.04 bits per heavy atom. The summed E-state index contributed by atoms with van der Waals surface area (Å²) in [7, 11) is 1.61. The summed E-state index contributed by atoms with van der Waals surface area (Å²) >= 11 is 1.43. The van der Waals surface area contributed by atoms with Crippen LogP contribution in [0.1, 0.15) is 11.1 Å². The van der Waals surface area contributed by atoms with Crippen LogP contribution in [0.15, 0.2) is 47.1 Å². The highest BCUT2D eigenvalue weighted by molar-refractivity contribution is 7.22. The molecule has 0 spiro atoms. The Morgan fingerprint density at radius 2 is 2.20 bits per heavy atom. The number of aromatic nitrogens is 1. The number of anilines is 1. The quantitative estimate of drug-likeness (QED) is 0.585. The Balaban J connectivity index is 1.55. The lowest BCUT2D eigenvalue weighted by Crippen LogP contribution is -2.13. The van der Waals surface area contributed by atoms with Crippen molar-refractivity contribution in [1.29, 1.82) is 0 Å². The SMILES string of the molecule is COc1cccc2sc(NC(=O)Cc3coc4cc(C)ccc34)nc12. The molecule has 1 N–H and O–H groups in total. The number of rotatable bonds is 4. The number of methoxy groups -OCH3 is 1. The van der Waals surface area contributed by atoms with E-state index in [1.54, 1.807) is 13.4 Å². The predicted octanol–water partition coefficient (Wildman–Crippen LogP) is 4.54. The number of benzene rings is 2. The Hall–Kier alpha value is -2.86. The van der Waals surface area contributed by atoms with Crippen molar-refractivity contribution in [1.82, 2.24) is 4.98 Å². The molecule has 0 aliphatic carbocycles. The number of hydrogen-bond acceptors (Lipinski definition) is 5. The number of aryl methyl sites for hydroxylation is 1. The molecule has 0 aliphatic heterocycles. The van der Waals surface area contributed by atoms with Crippen LogP contribution in [0.2, 0.25) is 0 Å². The Kier molecular flexibility index (Phi) is 3.89. The molecule has 4 aromatic rings. The second-order valence-corrected chi connectivity index (χ2v) is 6.84. The number of thiazole rings is 1. The van der Waals surface area contributed by atoms with E-state index < -0.39 is 0 Å². The van der Waals surface area contributed by atoms with Gasteiger partial charge in [-0.25, -0.2) is 4.98 Å². The third kappa shape index (κ3) is 2.96. The summed E-state index contributed by atoms with van der Waals surface area (Å²) in [4.78, 5) is 16.9. The first-order chi connectivity index (χ1) is 12.1. The molecule has 0 saturated carbocycles. The van der Waals surface area contributed by atoms with E-state index >= 15 is 0 Å². The van der Waals surface area contributed by atoms with Crippen LogP contribution in [0.3, 0.4) is 0 Å². The maximum absolute atomic E-state index is 12.4. The standard InChI is InChI=1S/C19H16N2O3S/c1-11-6-7-13-12(10-24-15(13)8-11)9-17(22)20-19-21-18-14(23-2)4-3-5-16(18)25-19/h3-8,10H,9H2,1-2H3,(H,20,21,22). The van der Waals surface area contributed by atoms with Gasteiger partial charge in [0, 0.05) is 10.9 Å². The molecule has 0 fully saturated rings. The second kappa shape index (κ2) is 6.22. The molecule has 0 atom stereocenters. The van der Waals surface area contributed by atoms with Gasteiger partial charge in [0.15, 0.2) is 5.13 Å². The highest BCUT2D eigenvalue weighted by atomic mass is 32.1. The van der Waals surface area contributed by atoms with E-state index in [0.29, 0.717) is 10.9 Å². The summed E-state index contributed by atoms with van der Waals surface area (Å²) in [6.45, 7) is 2.01. The number of fused-ring (bicyclic) bond motifs is 2. The average Bonchev–Trinajstić information content (AvgIpc) is 3.17. The van der Waals surface area contributed by atoms with Crippen molar-refractivity contribution < 1.29 is 13.9 Å². The van der Waals surface area contributed by atoms with Gasteiger partial charge < -0.3 is 14.5 Å². The van der Waals surface area contributed by atoms with Gasteiger partial charge in [0.2, 0.25) is 5.91 Å². The van der Waals surface area contributed by atoms with Crippen LogP contribution >= 0.6 is 11.3 Å². The Morgan fingerprint density at radius 1 is 1.32 bits per heavy atom. The molecule has 4 rings (SSSR count). The lowest BCUT2D eigenvalue weighted by atomic mass is 10.1. The Bertz CT molecular complexity index is 1080. The molecule has 2 heterocycles. The van der Waals surface area contributed by atoms with E-state index in [2.05, 4.69) is 10.3 Å². The summed E-state index contributed by atoms with van der Waals surface area (Å²) in [5.74, 6) is 0.576. The summed E-state index contributed by atoms with van der Waals surface area (Å²) in [6, 6.07) is 11.7. The van der Waals surface area contributed by atoms with E-state index in [9.17, 15) is 4.79 Å². The van der Waals surface area contributed by atoms with Crippen molar-refractivity contribution >= 4 is 43.6 Å². The van der Waals surface area contributed by atoms with Crippen molar-refractivity contribution in [3.8, 4) is 5.75 Å². The minimum Gasteiger partial charge on any atom is -0.494 e. The number of nitrogens with zero attached hydrogens (tertiary/aromatic N) is 1. The first kappa shape index (κ1) is 15.7. The molecule has 6 heteroatoms. The van der Waals surface area contributed by atoms with Crippen LogP contribution in [0.4, 0.5) is 5.13 Å². The van der Waals surface area contributed by atoms with Gasteiger partial charge >= 0.3 is 0 Å². The van der Waals surface area contributed by atoms with Gasteiger partial charge in [0.05, 0.1) is 24.5 Å². The molecule has 0 aliphatic rings. The maximum Gasteiger partial charge on any atom is 0.230 e. The first-order valence-corrected chi connectivity index (χ1v) is 8.66. The molecule has 0 saturated heterocycles. The largest absolute Gasteiger partial charge is 0.494 e. The fourth-order valence-corrected chi connectivity index (χ4v) is 3.70. The average molecular weight is 352 g/mol. The number of hydrogen-bond donors (Lipinski definition) is 1. The third-order valence-corrected chi connectivity index (χ3v) is 4.95. The van der Waals surface area contributed by atoms with Gasteiger partial charge in [-0.15, -0.1) is 0 Å². The van der Waals surface area contributed by atoms with E-state index in [0.717, 1.165) is 32.3 Å². The molecule has 0 radical (unpaired) electrons. The van der Waals surface area contributed by atoms with Crippen molar-refractivity contribution in [3.05, 3.63) is 53.8 Å². The van der Waals surface area contributed by atoms with Crippen molar-refractivity contribution in [2.24, 2.45) is 0 Å². The van der Waals surface area contributed by atoms with Gasteiger partial charge in [-0.2, -0.15) is 0 Å². The highest BCUT2D eigenvalue weighted by Crippen LogP contribution is 2.32.